The van der Waals surface area contributed by atoms with Crippen LogP contribution in [0.1, 0.15) is 28.4 Å². The summed E-state index contributed by atoms with van der Waals surface area (Å²) in [6, 6.07) is 6.32. The summed E-state index contributed by atoms with van der Waals surface area (Å²) in [4.78, 5) is 25.2. The normalized spacial score (nSPS) is 11.5. The fourth-order valence-electron chi connectivity index (χ4n) is 2.56. The van der Waals surface area contributed by atoms with Crippen molar-refractivity contribution in [3.05, 3.63) is 67.9 Å². The highest BCUT2D eigenvalue weighted by molar-refractivity contribution is 6.35. The number of Topliss-reactive ketones (excluding diaryl/α,β-unsaturated/α-hetero) is 1. The number of aromatic nitrogens is 1. The van der Waals surface area contributed by atoms with Crippen molar-refractivity contribution in [2.45, 2.75) is 26.5 Å². The van der Waals surface area contributed by atoms with Gasteiger partial charge < -0.3 is 9.84 Å². The number of ether oxygens (including phenoxy) is 1. The van der Waals surface area contributed by atoms with E-state index >= 15 is 0 Å². The first-order chi connectivity index (χ1) is 12.7. The predicted molar refractivity (Wildman–Crippen MR) is 103 cm³/mol. The molecule has 0 radical (unpaired) electrons. The minimum atomic E-state index is -1.05. The van der Waals surface area contributed by atoms with Crippen LogP contribution in [0.25, 0.3) is 0 Å². The van der Waals surface area contributed by atoms with E-state index in [9.17, 15) is 20.0 Å². The molecule has 0 fully saturated rings. The molecule has 140 valence electrons. The van der Waals surface area contributed by atoms with E-state index in [2.05, 4.69) is 6.58 Å². The summed E-state index contributed by atoms with van der Waals surface area (Å²) in [5, 5.41) is 20.4. The van der Waals surface area contributed by atoms with Crippen molar-refractivity contribution in [1.29, 1.82) is 5.26 Å². The van der Waals surface area contributed by atoms with Crippen molar-refractivity contribution < 1.29 is 14.6 Å². The molecule has 1 heterocycles. The second kappa shape index (κ2) is 8.30. The summed E-state index contributed by atoms with van der Waals surface area (Å²) in [6.45, 7) is 6.35. The maximum Gasteiger partial charge on any atom is 0.271 e. The monoisotopic (exact) mass is 406 g/mol. The van der Waals surface area contributed by atoms with Crippen LogP contribution in [0, 0.1) is 18.3 Å². The van der Waals surface area contributed by atoms with Crippen LogP contribution in [0.4, 0.5) is 0 Å². The van der Waals surface area contributed by atoms with Crippen LogP contribution >= 0.6 is 23.2 Å². The highest BCUT2D eigenvalue weighted by atomic mass is 35.5. The van der Waals surface area contributed by atoms with Gasteiger partial charge in [-0.1, -0.05) is 29.3 Å². The van der Waals surface area contributed by atoms with Crippen LogP contribution in [0.5, 0.6) is 11.6 Å². The lowest BCUT2D eigenvalue weighted by Gasteiger charge is -2.19. The van der Waals surface area contributed by atoms with Crippen LogP contribution in [-0.2, 0) is 6.54 Å². The fourth-order valence-corrected chi connectivity index (χ4v) is 3.02. The summed E-state index contributed by atoms with van der Waals surface area (Å²) in [5.41, 5.74) is -0.999. The number of aromatic hydroxyl groups is 1. The van der Waals surface area contributed by atoms with Gasteiger partial charge in [0.15, 0.2) is 6.10 Å². The number of ketones is 1. The van der Waals surface area contributed by atoms with Crippen molar-refractivity contribution in [2.75, 3.05) is 0 Å². The van der Waals surface area contributed by atoms with Gasteiger partial charge in [-0.05, 0) is 37.6 Å². The van der Waals surface area contributed by atoms with E-state index in [1.54, 1.807) is 12.1 Å². The molecule has 1 atom stereocenters. The second-order valence-corrected chi connectivity index (χ2v) is 6.56. The van der Waals surface area contributed by atoms with Gasteiger partial charge in [0.25, 0.3) is 5.56 Å². The number of allylic oxidation sites excluding steroid dienone is 1. The molecule has 1 aromatic carbocycles. The SMILES string of the molecule is C=CCn1c(O)c(C(=O)C(C)Oc2ccc(Cl)cc2Cl)c(C)c(C#N)c1=O. The highest BCUT2D eigenvalue weighted by Gasteiger charge is 2.28. The molecule has 2 aromatic rings. The summed E-state index contributed by atoms with van der Waals surface area (Å²) in [7, 11) is 0. The quantitative estimate of drug-likeness (QED) is 0.580. The number of benzene rings is 1. The molecule has 8 heteroatoms. The number of carbonyl (C=O) groups excluding carboxylic acids is 1. The lowest BCUT2D eigenvalue weighted by molar-refractivity contribution is 0.0813. The lowest BCUT2D eigenvalue weighted by Crippen LogP contribution is -2.30. The minimum Gasteiger partial charge on any atom is -0.494 e. The number of hydrogen-bond acceptors (Lipinski definition) is 5. The van der Waals surface area contributed by atoms with Crippen molar-refractivity contribution in [2.24, 2.45) is 0 Å². The zero-order valence-corrected chi connectivity index (χ0v) is 16.1. The molecule has 0 saturated carbocycles. The third-order valence-electron chi connectivity index (χ3n) is 3.93. The van der Waals surface area contributed by atoms with Gasteiger partial charge in [0, 0.05) is 11.6 Å². The van der Waals surface area contributed by atoms with Crippen molar-refractivity contribution in [3.8, 4) is 17.7 Å². The van der Waals surface area contributed by atoms with E-state index in [4.69, 9.17) is 27.9 Å². The molecule has 0 bridgehead atoms. The molecule has 0 saturated heterocycles. The van der Waals surface area contributed by atoms with E-state index in [1.807, 2.05) is 0 Å². The number of nitriles is 1. The average Bonchev–Trinajstić information content (AvgIpc) is 2.61. The Hall–Kier alpha value is -2.75. The van der Waals surface area contributed by atoms with Gasteiger partial charge in [-0.2, -0.15) is 5.26 Å². The number of carbonyl (C=O) groups is 1. The Labute approximate surface area is 165 Å². The van der Waals surface area contributed by atoms with Gasteiger partial charge in [-0.15, -0.1) is 6.58 Å². The maximum absolute atomic E-state index is 12.9. The first kappa shape index (κ1) is 20.6. The molecule has 0 amide bonds. The van der Waals surface area contributed by atoms with Gasteiger partial charge >= 0.3 is 0 Å². The van der Waals surface area contributed by atoms with Crippen molar-refractivity contribution >= 4 is 29.0 Å². The molecule has 0 aliphatic heterocycles. The largest absolute Gasteiger partial charge is 0.494 e. The zero-order chi connectivity index (χ0) is 20.3. The Morgan fingerprint density at radius 2 is 2.15 bits per heavy atom. The van der Waals surface area contributed by atoms with Gasteiger partial charge in [0.1, 0.15) is 17.4 Å². The number of halogens is 2. The standard InChI is InChI=1S/C19H16Cl2N2O4/c1-4-7-23-18(25)13(9-22)10(2)16(19(23)26)17(24)11(3)27-15-6-5-12(20)8-14(15)21/h4-6,8,11,26H,1,7H2,2-3H3. The maximum atomic E-state index is 12.9. The Balaban J connectivity index is 2.51. The van der Waals surface area contributed by atoms with Crippen molar-refractivity contribution in [3.63, 3.8) is 0 Å². The fraction of sp³-hybridized carbons (Fsp3) is 0.211. The first-order valence-electron chi connectivity index (χ1n) is 7.86. The zero-order valence-electron chi connectivity index (χ0n) is 14.6. The summed E-state index contributed by atoms with van der Waals surface area (Å²) in [6.07, 6.45) is 0.328. The topological polar surface area (TPSA) is 92.3 Å². The summed E-state index contributed by atoms with van der Waals surface area (Å²) >= 11 is 11.9. The summed E-state index contributed by atoms with van der Waals surface area (Å²) < 4.78 is 6.50. The van der Waals surface area contributed by atoms with Gasteiger partial charge in [0.2, 0.25) is 11.7 Å². The Morgan fingerprint density at radius 3 is 2.70 bits per heavy atom. The molecule has 2 rings (SSSR count). The van der Waals surface area contributed by atoms with Crippen LogP contribution < -0.4 is 10.3 Å². The van der Waals surface area contributed by atoms with Crippen LogP contribution in [0.3, 0.4) is 0 Å². The molecule has 6 nitrogen and oxygen atoms in total. The number of nitrogens with zero attached hydrogens (tertiary/aromatic N) is 2. The molecule has 0 aliphatic carbocycles. The summed E-state index contributed by atoms with van der Waals surface area (Å²) in [5.74, 6) is -0.914. The average molecular weight is 407 g/mol. The van der Waals surface area contributed by atoms with E-state index < -0.39 is 23.3 Å². The highest BCUT2D eigenvalue weighted by Crippen LogP contribution is 2.30. The van der Waals surface area contributed by atoms with Crippen LogP contribution in [-0.4, -0.2) is 21.6 Å². The smallest absolute Gasteiger partial charge is 0.271 e. The Bertz CT molecular complexity index is 1020. The molecule has 0 aliphatic rings. The van der Waals surface area contributed by atoms with Crippen molar-refractivity contribution in [1.82, 2.24) is 4.57 Å². The van der Waals surface area contributed by atoms with E-state index in [0.717, 1.165) is 4.57 Å². The molecule has 27 heavy (non-hydrogen) atoms. The Morgan fingerprint density at radius 1 is 1.48 bits per heavy atom. The molecular weight excluding hydrogens is 391 g/mol. The van der Waals surface area contributed by atoms with E-state index in [1.165, 1.54) is 32.1 Å². The predicted octanol–water partition coefficient (Wildman–Crippen LogP) is 3.88. The Kier molecular flexibility index (Phi) is 6.32. The van der Waals surface area contributed by atoms with Crippen LogP contribution in [0.15, 0.2) is 35.6 Å². The lowest BCUT2D eigenvalue weighted by atomic mass is 9.99. The van der Waals surface area contributed by atoms with Crippen LogP contribution in [0.2, 0.25) is 10.0 Å². The van der Waals surface area contributed by atoms with Gasteiger partial charge in [0.05, 0.1) is 10.6 Å². The molecular formula is C19H16Cl2N2O4. The third-order valence-corrected chi connectivity index (χ3v) is 4.46. The number of hydrogen-bond donors (Lipinski definition) is 1. The molecule has 1 aromatic heterocycles. The second-order valence-electron chi connectivity index (χ2n) is 5.71. The number of pyridine rings is 1. The third kappa shape index (κ3) is 4.00. The first-order valence-corrected chi connectivity index (χ1v) is 8.61. The molecule has 1 unspecified atom stereocenters. The van der Waals surface area contributed by atoms with E-state index in [-0.39, 0.29) is 34.0 Å². The van der Waals surface area contributed by atoms with Gasteiger partial charge in [-0.3, -0.25) is 14.2 Å². The van der Waals surface area contributed by atoms with E-state index in [0.29, 0.717) is 5.02 Å². The van der Waals surface area contributed by atoms with Gasteiger partial charge in [-0.25, -0.2) is 0 Å². The number of rotatable bonds is 6. The molecule has 0 spiro atoms. The molecule has 1 N–H and O–H groups in total. The minimum absolute atomic E-state index is 0.0574.